The van der Waals surface area contributed by atoms with Crippen LogP contribution in [0.3, 0.4) is 0 Å². The van der Waals surface area contributed by atoms with Gasteiger partial charge in [-0.3, -0.25) is 4.98 Å². The Morgan fingerprint density at radius 3 is 2.50 bits per heavy atom. The molecule has 0 amide bonds. The van der Waals surface area contributed by atoms with Crippen molar-refractivity contribution in [1.82, 2.24) is 4.98 Å². The summed E-state index contributed by atoms with van der Waals surface area (Å²) in [4.78, 5) is 4.00. The number of nitrogens with zero attached hydrogens (tertiary/aromatic N) is 1. The number of furan rings is 1. The van der Waals surface area contributed by atoms with Gasteiger partial charge in [0.25, 0.3) is 0 Å². The summed E-state index contributed by atoms with van der Waals surface area (Å²) in [5, 5.41) is 0. The monoisotopic (exact) mass is 216 g/mol. The van der Waals surface area contributed by atoms with Crippen LogP contribution in [0.15, 0.2) is 41.3 Å². The predicted molar refractivity (Wildman–Crippen MR) is 63.0 cm³/mol. The van der Waals surface area contributed by atoms with Gasteiger partial charge < -0.3 is 10.2 Å². The lowest BCUT2D eigenvalue weighted by atomic mass is 9.92. The Labute approximate surface area is 95.3 Å². The van der Waals surface area contributed by atoms with E-state index in [0.29, 0.717) is 0 Å². The van der Waals surface area contributed by atoms with E-state index in [4.69, 9.17) is 10.2 Å². The lowest BCUT2D eigenvalue weighted by Gasteiger charge is -2.18. The third-order valence-electron chi connectivity index (χ3n) is 2.98. The van der Waals surface area contributed by atoms with Crippen molar-refractivity contribution in [3.05, 3.63) is 53.7 Å². The molecule has 2 N–H and O–H groups in total. The smallest absolute Gasteiger partial charge is 0.123 e. The molecule has 0 bridgehead atoms. The average Bonchev–Trinajstić information content (AvgIpc) is 2.75. The second-order valence-corrected chi connectivity index (χ2v) is 4.06. The molecule has 16 heavy (non-hydrogen) atoms. The first-order valence-electron chi connectivity index (χ1n) is 5.39. The summed E-state index contributed by atoms with van der Waals surface area (Å²) >= 11 is 0. The highest BCUT2D eigenvalue weighted by atomic mass is 16.3. The molecule has 0 fully saturated rings. The van der Waals surface area contributed by atoms with Crippen LogP contribution in [0.25, 0.3) is 0 Å². The van der Waals surface area contributed by atoms with Crippen LogP contribution in [0.4, 0.5) is 0 Å². The van der Waals surface area contributed by atoms with E-state index in [9.17, 15) is 0 Å². The quantitative estimate of drug-likeness (QED) is 0.858. The summed E-state index contributed by atoms with van der Waals surface area (Å²) in [6.07, 6.45) is 5.25. The van der Waals surface area contributed by atoms with E-state index in [2.05, 4.69) is 11.9 Å². The van der Waals surface area contributed by atoms with E-state index in [1.165, 1.54) is 5.56 Å². The number of hydrogen-bond acceptors (Lipinski definition) is 3. The van der Waals surface area contributed by atoms with Crippen molar-refractivity contribution in [1.29, 1.82) is 0 Å². The second kappa shape index (κ2) is 4.49. The maximum absolute atomic E-state index is 6.20. The third-order valence-corrected chi connectivity index (χ3v) is 2.98. The van der Waals surface area contributed by atoms with Crippen molar-refractivity contribution in [2.24, 2.45) is 5.73 Å². The Bertz CT molecular complexity index is 450. The Balaban J connectivity index is 2.23. The van der Waals surface area contributed by atoms with E-state index in [-0.39, 0.29) is 12.0 Å². The summed E-state index contributed by atoms with van der Waals surface area (Å²) in [5.41, 5.74) is 8.49. The minimum atomic E-state index is -0.114. The topological polar surface area (TPSA) is 52.0 Å². The van der Waals surface area contributed by atoms with Crippen molar-refractivity contribution < 1.29 is 4.42 Å². The van der Waals surface area contributed by atoms with E-state index >= 15 is 0 Å². The fourth-order valence-electron chi connectivity index (χ4n) is 1.83. The molecule has 0 aromatic carbocycles. The normalized spacial score (nSPS) is 14.7. The van der Waals surface area contributed by atoms with Crippen LogP contribution in [0, 0.1) is 6.92 Å². The Morgan fingerprint density at radius 1 is 1.25 bits per heavy atom. The van der Waals surface area contributed by atoms with Crippen LogP contribution >= 0.6 is 0 Å². The molecule has 2 aromatic heterocycles. The summed E-state index contributed by atoms with van der Waals surface area (Å²) in [7, 11) is 0. The van der Waals surface area contributed by atoms with Crippen LogP contribution in [0.5, 0.6) is 0 Å². The minimum Gasteiger partial charge on any atom is -0.467 e. The molecule has 0 aliphatic rings. The number of nitrogens with two attached hydrogens (primary N) is 1. The molecular weight excluding hydrogens is 200 g/mol. The van der Waals surface area contributed by atoms with Gasteiger partial charge in [0.05, 0.1) is 12.3 Å². The highest BCUT2D eigenvalue weighted by Crippen LogP contribution is 2.30. The Kier molecular flexibility index (Phi) is 3.06. The molecule has 0 radical (unpaired) electrons. The number of pyridine rings is 1. The van der Waals surface area contributed by atoms with Crippen LogP contribution in [0.1, 0.15) is 35.8 Å². The van der Waals surface area contributed by atoms with Gasteiger partial charge in [-0.1, -0.05) is 6.92 Å². The maximum Gasteiger partial charge on any atom is 0.123 e. The second-order valence-electron chi connectivity index (χ2n) is 4.06. The molecule has 0 aliphatic carbocycles. The minimum absolute atomic E-state index is 0.114. The molecule has 0 spiro atoms. The molecule has 2 rings (SSSR count). The highest BCUT2D eigenvalue weighted by Gasteiger charge is 2.20. The summed E-state index contributed by atoms with van der Waals surface area (Å²) in [6.45, 7) is 4.11. The molecule has 0 aliphatic heterocycles. The van der Waals surface area contributed by atoms with Crippen molar-refractivity contribution in [2.75, 3.05) is 0 Å². The van der Waals surface area contributed by atoms with Gasteiger partial charge in [-0.2, -0.15) is 0 Å². The van der Waals surface area contributed by atoms with Gasteiger partial charge in [0, 0.05) is 18.3 Å². The number of rotatable bonds is 3. The predicted octanol–water partition coefficient (Wildman–Crippen LogP) is 2.79. The van der Waals surface area contributed by atoms with Crippen LogP contribution < -0.4 is 5.73 Å². The molecule has 2 unspecified atom stereocenters. The maximum atomic E-state index is 6.20. The zero-order valence-electron chi connectivity index (χ0n) is 9.55. The zero-order chi connectivity index (χ0) is 11.5. The molecule has 84 valence electrons. The SMILES string of the molecule is Cc1ccoc1C(N)C(C)c1ccncc1. The van der Waals surface area contributed by atoms with Crippen LogP contribution in [0.2, 0.25) is 0 Å². The van der Waals surface area contributed by atoms with Gasteiger partial charge in [-0.25, -0.2) is 0 Å². The Morgan fingerprint density at radius 2 is 1.94 bits per heavy atom. The van der Waals surface area contributed by atoms with Gasteiger partial charge in [0.15, 0.2) is 0 Å². The van der Waals surface area contributed by atoms with Crippen molar-refractivity contribution in [2.45, 2.75) is 25.8 Å². The van der Waals surface area contributed by atoms with E-state index in [0.717, 1.165) is 11.3 Å². The fraction of sp³-hybridized carbons (Fsp3) is 0.308. The molecule has 2 aromatic rings. The lowest BCUT2D eigenvalue weighted by molar-refractivity contribution is 0.432. The fourth-order valence-corrected chi connectivity index (χ4v) is 1.83. The first-order valence-corrected chi connectivity index (χ1v) is 5.39. The summed E-state index contributed by atoms with van der Waals surface area (Å²) < 4.78 is 5.43. The first kappa shape index (κ1) is 10.9. The van der Waals surface area contributed by atoms with Crippen molar-refractivity contribution in [3.63, 3.8) is 0 Å². The number of aryl methyl sites for hydroxylation is 1. The van der Waals surface area contributed by atoms with Gasteiger partial charge in [0.1, 0.15) is 5.76 Å². The first-order chi connectivity index (χ1) is 7.70. The molecule has 2 atom stereocenters. The molecular formula is C13H16N2O. The average molecular weight is 216 g/mol. The number of hydrogen-bond donors (Lipinski definition) is 1. The molecule has 0 saturated carbocycles. The van der Waals surface area contributed by atoms with E-state index in [1.54, 1.807) is 18.7 Å². The van der Waals surface area contributed by atoms with Crippen molar-refractivity contribution >= 4 is 0 Å². The van der Waals surface area contributed by atoms with Gasteiger partial charge in [-0.15, -0.1) is 0 Å². The molecule has 3 nitrogen and oxygen atoms in total. The van der Waals surface area contributed by atoms with Crippen molar-refractivity contribution in [3.8, 4) is 0 Å². The lowest BCUT2D eigenvalue weighted by Crippen LogP contribution is -2.17. The standard InChI is InChI=1S/C13H16N2O/c1-9-5-8-16-13(9)12(14)10(2)11-3-6-15-7-4-11/h3-8,10,12H,14H2,1-2H3. The molecule has 2 heterocycles. The van der Waals surface area contributed by atoms with Gasteiger partial charge >= 0.3 is 0 Å². The summed E-state index contributed by atoms with van der Waals surface area (Å²) in [5.74, 6) is 1.08. The molecule has 3 heteroatoms. The van der Waals surface area contributed by atoms with E-state index in [1.807, 2.05) is 25.1 Å². The largest absolute Gasteiger partial charge is 0.467 e. The van der Waals surface area contributed by atoms with Gasteiger partial charge in [0.2, 0.25) is 0 Å². The number of aromatic nitrogens is 1. The van der Waals surface area contributed by atoms with Gasteiger partial charge in [-0.05, 0) is 36.2 Å². The summed E-state index contributed by atoms with van der Waals surface area (Å²) in [6, 6.07) is 5.80. The van der Waals surface area contributed by atoms with Crippen LogP contribution in [-0.2, 0) is 0 Å². The Hall–Kier alpha value is -1.61. The highest BCUT2D eigenvalue weighted by molar-refractivity contribution is 5.24. The zero-order valence-corrected chi connectivity index (χ0v) is 9.55. The van der Waals surface area contributed by atoms with Crippen LogP contribution in [-0.4, -0.2) is 4.98 Å². The van der Waals surface area contributed by atoms with E-state index < -0.39 is 0 Å². The third kappa shape index (κ3) is 1.99. The molecule has 0 saturated heterocycles.